The van der Waals surface area contributed by atoms with Crippen LogP contribution >= 0.6 is 11.8 Å². The molecule has 1 N–H and O–H groups in total. The van der Waals surface area contributed by atoms with E-state index in [1.54, 1.807) is 0 Å². The molecule has 0 saturated heterocycles. The first-order valence-electron chi connectivity index (χ1n) is 6.59. The van der Waals surface area contributed by atoms with Gasteiger partial charge in [-0.25, -0.2) is 0 Å². The molecular weight excluding hydrogens is 252 g/mol. The van der Waals surface area contributed by atoms with Crippen molar-refractivity contribution < 1.29 is 5.11 Å². The molecule has 1 nitrogen and oxygen atoms in total. The highest BCUT2D eigenvalue weighted by molar-refractivity contribution is 7.99. The number of aryl methyl sites for hydroxylation is 2. The van der Waals surface area contributed by atoms with Crippen molar-refractivity contribution in [1.29, 1.82) is 0 Å². The van der Waals surface area contributed by atoms with Crippen molar-refractivity contribution >= 4 is 11.8 Å². The normalized spacial score (nSPS) is 12.4. The zero-order valence-electron chi connectivity index (χ0n) is 11.7. The monoisotopic (exact) mass is 272 g/mol. The first-order valence-corrected chi connectivity index (χ1v) is 7.58. The Morgan fingerprint density at radius 2 is 1.74 bits per heavy atom. The first kappa shape index (κ1) is 14.2. The van der Waals surface area contributed by atoms with Gasteiger partial charge in [-0.05, 0) is 48.4 Å². The summed E-state index contributed by atoms with van der Waals surface area (Å²) in [6, 6.07) is 14.4. The Bertz CT molecular complexity index is 546. The van der Waals surface area contributed by atoms with Crippen LogP contribution in [-0.4, -0.2) is 10.9 Å². The molecule has 0 aliphatic rings. The molecule has 0 bridgehead atoms. The van der Waals surface area contributed by atoms with Gasteiger partial charge < -0.3 is 5.11 Å². The fraction of sp³-hybridized carbons (Fsp3) is 0.294. The minimum Gasteiger partial charge on any atom is -0.384 e. The minimum atomic E-state index is -0.541. The average Bonchev–Trinajstić information content (AvgIpc) is 2.42. The van der Waals surface area contributed by atoms with E-state index < -0.39 is 6.10 Å². The smallest absolute Gasteiger partial charge is 0.104 e. The van der Waals surface area contributed by atoms with Crippen molar-refractivity contribution in [2.24, 2.45) is 0 Å². The predicted molar refractivity (Wildman–Crippen MR) is 82.8 cm³/mol. The second kappa shape index (κ2) is 6.27. The second-order valence-electron chi connectivity index (χ2n) is 4.76. The molecule has 0 aromatic heterocycles. The maximum Gasteiger partial charge on any atom is 0.104 e. The first-order chi connectivity index (χ1) is 9.11. The fourth-order valence-corrected chi connectivity index (χ4v) is 2.81. The summed E-state index contributed by atoms with van der Waals surface area (Å²) < 4.78 is 0. The second-order valence-corrected chi connectivity index (χ2v) is 6.10. The molecule has 0 spiro atoms. The minimum absolute atomic E-state index is 0.541. The predicted octanol–water partition coefficient (Wildman–Crippen LogP) is 4.50. The highest BCUT2D eigenvalue weighted by Gasteiger charge is 2.12. The molecule has 0 saturated carbocycles. The molecule has 19 heavy (non-hydrogen) atoms. The maximum absolute atomic E-state index is 10.5. The summed E-state index contributed by atoms with van der Waals surface area (Å²) >= 11 is 1.82. The molecule has 0 amide bonds. The number of aliphatic hydroxyl groups excluding tert-OH is 1. The number of aliphatic hydroxyl groups is 1. The van der Waals surface area contributed by atoms with Crippen molar-refractivity contribution in [3.05, 3.63) is 64.7 Å². The van der Waals surface area contributed by atoms with Crippen LogP contribution in [0.4, 0.5) is 0 Å². The Morgan fingerprint density at radius 1 is 1.05 bits per heavy atom. The van der Waals surface area contributed by atoms with E-state index in [1.807, 2.05) is 30.8 Å². The van der Waals surface area contributed by atoms with Gasteiger partial charge >= 0.3 is 0 Å². The molecule has 0 aliphatic carbocycles. The van der Waals surface area contributed by atoms with Crippen LogP contribution in [-0.2, 0) is 0 Å². The molecule has 100 valence electrons. The number of thioether (sulfide) groups is 1. The van der Waals surface area contributed by atoms with E-state index in [-0.39, 0.29) is 0 Å². The van der Waals surface area contributed by atoms with Gasteiger partial charge in [0.25, 0.3) is 0 Å². The van der Waals surface area contributed by atoms with Crippen LogP contribution < -0.4 is 0 Å². The maximum atomic E-state index is 10.5. The zero-order valence-corrected chi connectivity index (χ0v) is 12.5. The summed E-state index contributed by atoms with van der Waals surface area (Å²) in [7, 11) is 0. The summed E-state index contributed by atoms with van der Waals surface area (Å²) in [5, 5.41) is 10.5. The molecule has 0 heterocycles. The van der Waals surface area contributed by atoms with E-state index >= 15 is 0 Å². The van der Waals surface area contributed by atoms with Crippen LogP contribution in [0.15, 0.2) is 47.4 Å². The van der Waals surface area contributed by atoms with Gasteiger partial charge in [0.2, 0.25) is 0 Å². The van der Waals surface area contributed by atoms with Crippen molar-refractivity contribution in [2.75, 3.05) is 5.75 Å². The molecule has 2 aromatic carbocycles. The highest BCUT2D eigenvalue weighted by Crippen LogP contribution is 2.27. The lowest BCUT2D eigenvalue weighted by Gasteiger charge is -2.15. The van der Waals surface area contributed by atoms with Crippen molar-refractivity contribution in [3.8, 4) is 0 Å². The summed E-state index contributed by atoms with van der Waals surface area (Å²) in [4.78, 5) is 1.25. The molecule has 2 aromatic rings. The van der Waals surface area contributed by atoms with E-state index in [9.17, 15) is 5.11 Å². The van der Waals surface area contributed by atoms with E-state index in [0.29, 0.717) is 0 Å². The summed E-state index contributed by atoms with van der Waals surface area (Å²) in [5.74, 6) is 1.07. The Hall–Kier alpha value is -1.25. The van der Waals surface area contributed by atoms with Crippen LogP contribution in [0.2, 0.25) is 0 Å². The lowest BCUT2D eigenvalue weighted by atomic mass is 9.96. The van der Waals surface area contributed by atoms with Crippen molar-refractivity contribution in [2.45, 2.75) is 31.8 Å². The van der Waals surface area contributed by atoms with Gasteiger partial charge in [-0.3, -0.25) is 0 Å². The highest BCUT2D eigenvalue weighted by atomic mass is 32.2. The van der Waals surface area contributed by atoms with Crippen LogP contribution in [0.5, 0.6) is 0 Å². The van der Waals surface area contributed by atoms with Crippen LogP contribution in [0, 0.1) is 13.8 Å². The molecule has 2 heteroatoms. The zero-order chi connectivity index (χ0) is 13.8. The third-order valence-corrected chi connectivity index (χ3v) is 4.13. The Kier molecular flexibility index (Phi) is 4.67. The van der Waals surface area contributed by atoms with Gasteiger partial charge in [-0.1, -0.05) is 42.8 Å². The third-order valence-electron chi connectivity index (χ3n) is 3.24. The molecule has 0 aliphatic heterocycles. The quantitative estimate of drug-likeness (QED) is 0.827. The SMILES string of the molecule is CCSc1ccc(C(O)c2cc(C)ccc2C)cc1. The lowest BCUT2D eigenvalue weighted by molar-refractivity contribution is 0.219. The lowest BCUT2D eigenvalue weighted by Crippen LogP contribution is -2.02. The van der Waals surface area contributed by atoms with Crippen molar-refractivity contribution in [1.82, 2.24) is 0 Å². The molecule has 0 radical (unpaired) electrons. The standard InChI is InChI=1S/C17H20OS/c1-4-19-15-9-7-14(8-10-15)17(18)16-11-12(2)5-6-13(16)3/h5-11,17-18H,4H2,1-3H3. The average molecular weight is 272 g/mol. The van der Waals surface area contributed by atoms with Gasteiger partial charge in [0, 0.05) is 4.90 Å². The van der Waals surface area contributed by atoms with Crippen LogP contribution in [0.1, 0.15) is 35.3 Å². The van der Waals surface area contributed by atoms with E-state index in [0.717, 1.165) is 22.4 Å². The third kappa shape index (κ3) is 3.40. The van der Waals surface area contributed by atoms with Gasteiger partial charge in [0.15, 0.2) is 0 Å². The van der Waals surface area contributed by atoms with Gasteiger partial charge in [-0.15, -0.1) is 11.8 Å². The summed E-state index contributed by atoms with van der Waals surface area (Å²) in [6.45, 7) is 6.24. The van der Waals surface area contributed by atoms with E-state index in [1.165, 1.54) is 10.5 Å². The number of rotatable bonds is 4. The molecular formula is C17H20OS. The summed E-state index contributed by atoms with van der Waals surface area (Å²) in [6.07, 6.45) is -0.541. The topological polar surface area (TPSA) is 20.2 Å². The van der Waals surface area contributed by atoms with Gasteiger partial charge in [-0.2, -0.15) is 0 Å². The Balaban J connectivity index is 2.27. The van der Waals surface area contributed by atoms with Gasteiger partial charge in [0.1, 0.15) is 6.10 Å². The largest absolute Gasteiger partial charge is 0.384 e. The number of hydrogen-bond acceptors (Lipinski definition) is 2. The fourth-order valence-electron chi connectivity index (χ4n) is 2.15. The molecule has 2 rings (SSSR count). The number of benzene rings is 2. The molecule has 1 unspecified atom stereocenters. The van der Waals surface area contributed by atoms with E-state index in [2.05, 4.69) is 44.2 Å². The molecule has 1 atom stereocenters. The van der Waals surface area contributed by atoms with Crippen molar-refractivity contribution in [3.63, 3.8) is 0 Å². The Morgan fingerprint density at radius 3 is 2.37 bits per heavy atom. The van der Waals surface area contributed by atoms with Gasteiger partial charge in [0.05, 0.1) is 0 Å². The summed E-state index contributed by atoms with van der Waals surface area (Å²) in [5.41, 5.74) is 4.26. The van der Waals surface area contributed by atoms with Crippen LogP contribution in [0.25, 0.3) is 0 Å². The van der Waals surface area contributed by atoms with Crippen LogP contribution in [0.3, 0.4) is 0 Å². The Labute approximate surface area is 119 Å². The number of hydrogen-bond donors (Lipinski definition) is 1. The molecule has 0 fully saturated rings. The van der Waals surface area contributed by atoms with E-state index in [4.69, 9.17) is 0 Å².